The first-order valence-electron chi connectivity index (χ1n) is 10.6. The Morgan fingerprint density at radius 3 is 2.42 bits per heavy atom. The molecule has 0 aromatic carbocycles. The number of rotatable bonds is 4. The van der Waals surface area contributed by atoms with E-state index in [1.807, 2.05) is 7.11 Å². The maximum absolute atomic E-state index is 12.6. The number of ether oxygens (including phenoxy) is 3. The van der Waals surface area contributed by atoms with Crippen molar-refractivity contribution >= 4 is 5.78 Å². The molecule has 6 unspecified atom stereocenters. The molecule has 148 valence electrons. The predicted molar refractivity (Wildman–Crippen MR) is 99.7 cm³/mol. The Bertz CT molecular complexity index is 556. The second-order valence-electron chi connectivity index (χ2n) is 9.76. The number of Topliss-reactive ketones (excluding diaryl/α,β-unsaturated/α-hetero) is 1. The summed E-state index contributed by atoms with van der Waals surface area (Å²) in [5.41, 5.74) is 0.199. The lowest BCUT2D eigenvalue weighted by atomic mass is 9.44. The van der Waals surface area contributed by atoms with E-state index >= 15 is 0 Å². The molecular weight excluding hydrogens is 328 g/mol. The van der Waals surface area contributed by atoms with Gasteiger partial charge in [0.1, 0.15) is 5.78 Å². The molecule has 4 nitrogen and oxygen atoms in total. The highest BCUT2D eigenvalue weighted by molar-refractivity contribution is 5.87. The monoisotopic (exact) mass is 364 g/mol. The Morgan fingerprint density at radius 2 is 1.73 bits per heavy atom. The number of carbonyl (C=O) groups excluding carboxylic acids is 1. The Balaban J connectivity index is 1.65. The van der Waals surface area contributed by atoms with Gasteiger partial charge in [-0.05, 0) is 62.2 Å². The van der Waals surface area contributed by atoms with Crippen molar-refractivity contribution in [2.45, 2.75) is 70.5 Å². The molecule has 4 fully saturated rings. The summed E-state index contributed by atoms with van der Waals surface area (Å²) < 4.78 is 17.5. The van der Waals surface area contributed by atoms with Gasteiger partial charge in [-0.25, -0.2) is 0 Å². The minimum absolute atomic E-state index is 0.0419. The van der Waals surface area contributed by atoms with E-state index in [1.54, 1.807) is 14.2 Å². The molecule has 4 aliphatic rings. The largest absolute Gasteiger partial charge is 0.384 e. The average molecular weight is 365 g/mol. The van der Waals surface area contributed by atoms with Gasteiger partial charge in [-0.1, -0.05) is 6.92 Å². The van der Waals surface area contributed by atoms with Crippen LogP contribution in [0.4, 0.5) is 0 Å². The van der Waals surface area contributed by atoms with Crippen molar-refractivity contribution in [3.63, 3.8) is 0 Å². The van der Waals surface area contributed by atoms with Crippen molar-refractivity contribution in [1.82, 2.24) is 0 Å². The fraction of sp³-hybridized carbons (Fsp3) is 0.955. The maximum Gasteiger partial charge on any atom is 0.167 e. The molecule has 0 saturated heterocycles. The van der Waals surface area contributed by atoms with Crippen LogP contribution in [-0.2, 0) is 19.0 Å². The molecule has 0 heterocycles. The maximum atomic E-state index is 12.6. The van der Waals surface area contributed by atoms with Crippen molar-refractivity contribution in [2.75, 3.05) is 27.9 Å². The summed E-state index contributed by atoms with van der Waals surface area (Å²) in [5.74, 6) is 2.70. The molecule has 4 heteroatoms. The third-order valence-corrected chi connectivity index (χ3v) is 9.23. The molecule has 26 heavy (non-hydrogen) atoms. The van der Waals surface area contributed by atoms with Gasteiger partial charge in [0, 0.05) is 51.4 Å². The van der Waals surface area contributed by atoms with Gasteiger partial charge in [-0.3, -0.25) is 4.79 Å². The van der Waals surface area contributed by atoms with Gasteiger partial charge in [-0.2, -0.15) is 0 Å². The Kier molecular flexibility index (Phi) is 4.77. The lowest BCUT2D eigenvalue weighted by Gasteiger charge is -2.62. The van der Waals surface area contributed by atoms with E-state index in [4.69, 9.17) is 14.2 Å². The lowest BCUT2D eigenvalue weighted by Crippen LogP contribution is -2.59. The third kappa shape index (κ3) is 2.48. The highest BCUT2D eigenvalue weighted by Crippen LogP contribution is 2.66. The van der Waals surface area contributed by atoms with Crippen LogP contribution in [0.2, 0.25) is 0 Å². The van der Waals surface area contributed by atoms with Crippen LogP contribution in [0.25, 0.3) is 0 Å². The van der Waals surface area contributed by atoms with Crippen LogP contribution in [0.3, 0.4) is 0 Å². The quantitative estimate of drug-likeness (QED) is 0.701. The van der Waals surface area contributed by atoms with Crippen molar-refractivity contribution in [2.24, 2.45) is 34.5 Å². The van der Waals surface area contributed by atoms with Crippen molar-refractivity contribution in [3.8, 4) is 0 Å². The minimum Gasteiger partial charge on any atom is -0.384 e. The van der Waals surface area contributed by atoms with E-state index in [2.05, 4.69) is 6.92 Å². The van der Waals surface area contributed by atoms with Crippen LogP contribution in [0.15, 0.2) is 0 Å². The molecule has 6 atom stereocenters. The topological polar surface area (TPSA) is 44.8 Å². The number of methoxy groups -OCH3 is 3. The van der Waals surface area contributed by atoms with E-state index in [-0.39, 0.29) is 10.8 Å². The summed E-state index contributed by atoms with van der Waals surface area (Å²) in [7, 11) is 5.43. The first-order valence-corrected chi connectivity index (χ1v) is 10.6. The van der Waals surface area contributed by atoms with Gasteiger partial charge >= 0.3 is 0 Å². The Hall–Kier alpha value is -0.450. The molecule has 0 aromatic heterocycles. The molecule has 4 aliphatic carbocycles. The number of hydrogen-bond donors (Lipinski definition) is 0. The van der Waals surface area contributed by atoms with Crippen molar-refractivity contribution < 1.29 is 19.0 Å². The lowest BCUT2D eigenvalue weighted by molar-refractivity contribution is -0.268. The zero-order valence-electron chi connectivity index (χ0n) is 17.0. The summed E-state index contributed by atoms with van der Waals surface area (Å²) in [6.45, 7) is 3.11. The van der Waals surface area contributed by atoms with Gasteiger partial charge < -0.3 is 14.2 Å². The molecule has 0 bridgehead atoms. The fourth-order valence-corrected chi connectivity index (χ4v) is 7.77. The normalized spacial score (nSPS) is 47.2. The first-order chi connectivity index (χ1) is 12.4. The van der Waals surface area contributed by atoms with Crippen LogP contribution in [0.1, 0.15) is 64.7 Å². The summed E-state index contributed by atoms with van der Waals surface area (Å²) in [6, 6.07) is 0. The number of ketones is 1. The molecule has 0 N–H and O–H groups in total. The third-order valence-electron chi connectivity index (χ3n) is 9.23. The summed E-state index contributed by atoms with van der Waals surface area (Å²) in [5, 5.41) is 0. The predicted octanol–water partition coefficient (Wildman–Crippen LogP) is 4.21. The molecule has 0 spiro atoms. The van der Waals surface area contributed by atoms with Gasteiger partial charge in [0.25, 0.3) is 0 Å². The highest BCUT2D eigenvalue weighted by Gasteiger charge is 2.63. The van der Waals surface area contributed by atoms with Crippen LogP contribution >= 0.6 is 0 Å². The van der Waals surface area contributed by atoms with E-state index in [0.29, 0.717) is 29.5 Å². The molecular formula is C22H36O4. The van der Waals surface area contributed by atoms with Crippen molar-refractivity contribution in [3.05, 3.63) is 0 Å². The van der Waals surface area contributed by atoms with Crippen LogP contribution < -0.4 is 0 Å². The van der Waals surface area contributed by atoms with E-state index in [1.165, 1.54) is 19.3 Å². The first kappa shape index (κ1) is 18.9. The van der Waals surface area contributed by atoms with Crippen LogP contribution in [0, 0.1) is 34.5 Å². The second kappa shape index (κ2) is 6.56. The summed E-state index contributed by atoms with van der Waals surface area (Å²) >= 11 is 0. The summed E-state index contributed by atoms with van der Waals surface area (Å²) in [4.78, 5) is 12.6. The molecule has 4 rings (SSSR count). The smallest absolute Gasteiger partial charge is 0.167 e. The molecule has 0 aliphatic heterocycles. The number of fused-ring (bicyclic) bond motifs is 5. The highest BCUT2D eigenvalue weighted by atomic mass is 16.7. The molecule has 0 amide bonds. The van der Waals surface area contributed by atoms with E-state index in [0.717, 1.165) is 45.1 Å². The van der Waals surface area contributed by atoms with Crippen LogP contribution in [0.5, 0.6) is 0 Å². The van der Waals surface area contributed by atoms with Gasteiger partial charge in [-0.15, -0.1) is 0 Å². The average Bonchev–Trinajstić information content (AvgIpc) is 2.96. The fourth-order valence-electron chi connectivity index (χ4n) is 7.77. The molecule has 0 radical (unpaired) electrons. The molecule has 0 aromatic rings. The van der Waals surface area contributed by atoms with Crippen LogP contribution in [-0.4, -0.2) is 39.5 Å². The zero-order valence-corrected chi connectivity index (χ0v) is 17.0. The van der Waals surface area contributed by atoms with Gasteiger partial charge in [0.2, 0.25) is 0 Å². The van der Waals surface area contributed by atoms with Gasteiger partial charge in [0.05, 0.1) is 6.61 Å². The zero-order chi connectivity index (χ0) is 18.6. The van der Waals surface area contributed by atoms with E-state index in [9.17, 15) is 4.79 Å². The molecule has 4 saturated carbocycles. The standard InChI is InChI=1S/C22H36O4/c1-20-10-9-18-16(17(20)7-8-19(20)23)6-5-15-13-22(25-3,26-4)12-11-21(15,18)14-24-2/h15-18H,5-14H2,1-4H3. The van der Waals surface area contributed by atoms with E-state index < -0.39 is 5.79 Å². The number of hydrogen-bond acceptors (Lipinski definition) is 4. The Labute approximate surface area is 158 Å². The second-order valence-corrected chi connectivity index (χ2v) is 9.76. The minimum atomic E-state index is -0.415. The van der Waals surface area contributed by atoms with Gasteiger partial charge in [0.15, 0.2) is 5.79 Å². The van der Waals surface area contributed by atoms with Crippen molar-refractivity contribution in [1.29, 1.82) is 0 Å². The number of carbonyl (C=O) groups is 1. The Morgan fingerprint density at radius 1 is 0.962 bits per heavy atom. The summed E-state index contributed by atoms with van der Waals surface area (Å²) in [6.07, 6.45) is 9.72. The SMILES string of the molecule is COCC12CCC(OC)(OC)CC1CCC1C3CCC(=O)C3(C)CCC12.